The minimum Gasteiger partial charge on any atom is -0.399 e. The van der Waals surface area contributed by atoms with E-state index in [1.54, 1.807) is 6.20 Å². The smallest absolute Gasteiger partial charge is 0.106 e. The zero-order chi connectivity index (χ0) is 12.8. The monoisotopic (exact) mass is 249 g/mol. The summed E-state index contributed by atoms with van der Waals surface area (Å²) in [6.07, 6.45) is 1.80. The normalized spacial score (nSPS) is 12.2. The molecule has 0 N–H and O–H groups in total. The van der Waals surface area contributed by atoms with Crippen molar-refractivity contribution in [2.45, 2.75) is 6.92 Å². The van der Waals surface area contributed by atoms with Crippen molar-refractivity contribution >= 4 is 22.6 Å². The molecule has 0 fully saturated rings. The van der Waals surface area contributed by atoms with Crippen LogP contribution in [0, 0.1) is 11.3 Å². The van der Waals surface area contributed by atoms with Gasteiger partial charge in [0, 0.05) is 25.2 Å². The van der Waals surface area contributed by atoms with Crippen LogP contribution in [0.3, 0.4) is 0 Å². The van der Waals surface area contributed by atoms with Crippen molar-refractivity contribution in [1.82, 2.24) is 4.90 Å². The molecule has 0 aliphatic heterocycles. The van der Waals surface area contributed by atoms with E-state index in [0.29, 0.717) is 5.57 Å². The number of thiophene rings is 1. The van der Waals surface area contributed by atoms with E-state index in [4.69, 9.17) is 10.1 Å². The fourth-order valence-corrected chi connectivity index (χ4v) is 2.17. The molecule has 0 aliphatic rings. The van der Waals surface area contributed by atoms with Crippen molar-refractivity contribution in [2.24, 2.45) is 5.16 Å². The van der Waals surface area contributed by atoms with E-state index in [2.05, 4.69) is 11.2 Å². The molecule has 5 heteroatoms. The van der Waals surface area contributed by atoms with Crippen LogP contribution in [0.1, 0.15) is 16.7 Å². The predicted octanol–water partition coefficient (Wildman–Crippen LogP) is 2.54. The second-order valence-electron chi connectivity index (χ2n) is 3.64. The van der Waals surface area contributed by atoms with Gasteiger partial charge in [0.2, 0.25) is 0 Å². The highest BCUT2D eigenvalue weighted by molar-refractivity contribution is 7.15. The lowest BCUT2D eigenvalue weighted by Crippen LogP contribution is -2.01. The molecule has 0 atom stereocenters. The van der Waals surface area contributed by atoms with Gasteiger partial charge in [0.1, 0.15) is 13.2 Å². The van der Waals surface area contributed by atoms with Gasteiger partial charge >= 0.3 is 0 Å². The molecule has 0 radical (unpaired) electrons. The maximum absolute atomic E-state index is 9.09. The lowest BCUT2D eigenvalue weighted by atomic mass is 10.2. The Bertz CT molecular complexity index is 480. The van der Waals surface area contributed by atoms with Crippen LogP contribution in [0.2, 0.25) is 0 Å². The number of oxime groups is 1. The molecule has 1 aromatic rings. The maximum atomic E-state index is 9.09. The Kier molecular flexibility index (Phi) is 4.73. The van der Waals surface area contributed by atoms with Crippen LogP contribution < -0.4 is 0 Å². The average molecular weight is 249 g/mol. The second-order valence-corrected chi connectivity index (χ2v) is 4.73. The fraction of sp³-hybridized carbons (Fsp3) is 0.333. The molecule has 1 rings (SSSR count). The molecule has 0 spiro atoms. The van der Waals surface area contributed by atoms with Crippen LogP contribution in [0.25, 0.3) is 5.57 Å². The molecule has 0 aliphatic carbocycles. The molecule has 0 amide bonds. The number of rotatable bonds is 4. The number of nitrogens with zero attached hydrogens (tertiary/aromatic N) is 3. The summed E-state index contributed by atoms with van der Waals surface area (Å²) in [5.41, 5.74) is 1.46. The summed E-state index contributed by atoms with van der Waals surface area (Å²) in [6.45, 7) is 1.88. The largest absolute Gasteiger partial charge is 0.399 e. The third-order valence-corrected chi connectivity index (χ3v) is 3.19. The zero-order valence-electron chi connectivity index (χ0n) is 10.4. The van der Waals surface area contributed by atoms with Gasteiger partial charge in [-0.25, -0.2) is 0 Å². The Hall–Kier alpha value is -1.80. The first-order chi connectivity index (χ1) is 8.08. The van der Waals surface area contributed by atoms with Crippen molar-refractivity contribution in [3.63, 3.8) is 0 Å². The van der Waals surface area contributed by atoms with Crippen molar-refractivity contribution in [3.05, 3.63) is 28.1 Å². The molecule has 0 saturated heterocycles. The van der Waals surface area contributed by atoms with E-state index in [0.717, 1.165) is 15.5 Å². The van der Waals surface area contributed by atoms with Crippen molar-refractivity contribution in [2.75, 3.05) is 21.2 Å². The number of hydrogen-bond donors (Lipinski definition) is 0. The molecule has 17 heavy (non-hydrogen) atoms. The van der Waals surface area contributed by atoms with E-state index in [1.165, 1.54) is 18.4 Å². The van der Waals surface area contributed by atoms with Crippen molar-refractivity contribution in [3.8, 4) is 6.07 Å². The molecule has 4 nitrogen and oxygen atoms in total. The lowest BCUT2D eigenvalue weighted by Gasteiger charge is -2.04. The van der Waals surface area contributed by atoms with Crippen LogP contribution >= 0.6 is 11.3 Å². The first-order valence-corrected chi connectivity index (χ1v) is 5.86. The zero-order valence-corrected chi connectivity index (χ0v) is 11.2. The second kappa shape index (κ2) is 6.06. The van der Waals surface area contributed by atoms with Gasteiger partial charge in [-0.2, -0.15) is 5.26 Å². The van der Waals surface area contributed by atoms with Crippen LogP contribution in [-0.4, -0.2) is 31.8 Å². The summed E-state index contributed by atoms with van der Waals surface area (Å²) in [4.78, 5) is 8.51. The van der Waals surface area contributed by atoms with Gasteiger partial charge in [0.05, 0.1) is 16.2 Å². The average Bonchev–Trinajstić information content (AvgIpc) is 2.75. The first-order valence-electron chi connectivity index (χ1n) is 5.05. The summed E-state index contributed by atoms with van der Waals surface area (Å²) < 4.78 is 0. The molecule has 0 unspecified atom stereocenters. The van der Waals surface area contributed by atoms with E-state index < -0.39 is 0 Å². The molecule has 90 valence electrons. The number of allylic oxidation sites excluding steroid dienone is 1. The molecule has 0 aromatic carbocycles. The third-order valence-electron chi connectivity index (χ3n) is 1.96. The van der Waals surface area contributed by atoms with Crippen LogP contribution in [-0.2, 0) is 4.84 Å². The lowest BCUT2D eigenvalue weighted by molar-refractivity contribution is 0.213. The van der Waals surface area contributed by atoms with Gasteiger partial charge in [-0.15, -0.1) is 11.3 Å². The van der Waals surface area contributed by atoms with Gasteiger partial charge < -0.3 is 9.74 Å². The van der Waals surface area contributed by atoms with E-state index >= 15 is 0 Å². The van der Waals surface area contributed by atoms with Crippen LogP contribution in [0.15, 0.2) is 23.5 Å². The van der Waals surface area contributed by atoms with E-state index in [9.17, 15) is 0 Å². The van der Waals surface area contributed by atoms with Gasteiger partial charge in [0.25, 0.3) is 0 Å². The Morgan fingerprint density at radius 1 is 1.47 bits per heavy atom. The highest BCUT2D eigenvalue weighted by Crippen LogP contribution is 2.24. The topological polar surface area (TPSA) is 48.6 Å². The molecular formula is C12H15N3OS. The first kappa shape index (κ1) is 13.3. The molecule has 1 heterocycles. The van der Waals surface area contributed by atoms with Crippen molar-refractivity contribution < 1.29 is 4.84 Å². The molecule has 0 saturated carbocycles. The standard InChI is InChI=1S/C12H15N3OS/c1-9(14-16-4)11-5-6-12(17-11)10(7-13)8-15(2)3/h5-6,8H,1-4H3/b10-8+,14-9+. The minimum absolute atomic E-state index is 0.650. The Morgan fingerprint density at radius 2 is 2.12 bits per heavy atom. The summed E-state index contributed by atoms with van der Waals surface area (Å²) >= 11 is 1.53. The highest BCUT2D eigenvalue weighted by Gasteiger charge is 2.07. The fourth-order valence-electron chi connectivity index (χ4n) is 1.26. The molecule has 0 bridgehead atoms. The van der Waals surface area contributed by atoms with Gasteiger partial charge in [-0.1, -0.05) is 5.16 Å². The third kappa shape index (κ3) is 3.61. The molecule has 1 aromatic heterocycles. The Morgan fingerprint density at radius 3 is 2.65 bits per heavy atom. The number of nitriles is 1. The minimum atomic E-state index is 0.650. The summed E-state index contributed by atoms with van der Waals surface area (Å²) in [6, 6.07) is 6.06. The van der Waals surface area contributed by atoms with Gasteiger partial charge in [0.15, 0.2) is 0 Å². The predicted molar refractivity (Wildman–Crippen MR) is 70.8 cm³/mol. The molecular weight excluding hydrogens is 234 g/mol. The summed E-state index contributed by atoms with van der Waals surface area (Å²) in [7, 11) is 5.30. The van der Waals surface area contributed by atoms with Crippen molar-refractivity contribution in [1.29, 1.82) is 5.26 Å². The van der Waals surface area contributed by atoms with E-state index in [1.807, 2.05) is 38.1 Å². The van der Waals surface area contributed by atoms with Gasteiger partial charge in [-0.3, -0.25) is 0 Å². The van der Waals surface area contributed by atoms with Gasteiger partial charge in [-0.05, 0) is 19.1 Å². The summed E-state index contributed by atoms with van der Waals surface area (Å²) in [5, 5.41) is 13.0. The SMILES string of the molecule is CO/N=C(\C)c1ccc(/C(C#N)=C/N(C)C)s1. The maximum Gasteiger partial charge on any atom is 0.106 e. The Labute approximate surface area is 105 Å². The number of hydrogen-bond acceptors (Lipinski definition) is 5. The van der Waals surface area contributed by atoms with Crippen LogP contribution in [0.4, 0.5) is 0 Å². The quantitative estimate of drug-likeness (QED) is 0.468. The van der Waals surface area contributed by atoms with E-state index in [-0.39, 0.29) is 0 Å². The highest BCUT2D eigenvalue weighted by atomic mass is 32.1. The Balaban J connectivity index is 3.03. The summed E-state index contributed by atoms with van der Waals surface area (Å²) in [5.74, 6) is 0. The van der Waals surface area contributed by atoms with Crippen LogP contribution in [0.5, 0.6) is 0 Å².